The molecule has 2 heterocycles. The van der Waals surface area contributed by atoms with Crippen LogP contribution in [-0.2, 0) is 4.79 Å². The summed E-state index contributed by atoms with van der Waals surface area (Å²) >= 11 is 0. The summed E-state index contributed by atoms with van der Waals surface area (Å²) < 4.78 is 0. The predicted octanol–water partition coefficient (Wildman–Crippen LogP) is 0.680. The molecule has 2 rings (SSSR count). The Morgan fingerprint density at radius 3 is 2.29 bits per heavy atom. The van der Waals surface area contributed by atoms with E-state index < -0.39 is 0 Å². The Kier molecular flexibility index (Phi) is 4.05. The lowest BCUT2D eigenvalue weighted by molar-refractivity contribution is -0.130. The van der Waals surface area contributed by atoms with Gasteiger partial charge in [-0.3, -0.25) is 9.69 Å². The van der Waals surface area contributed by atoms with E-state index in [-0.39, 0.29) is 5.91 Å². The molecule has 2 unspecified atom stereocenters. The maximum Gasteiger partial charge on any atom is 0.236 e. The normalized spacial score (nSPS) is 31.9. The minimum atomic E-state index is 0.220. The Morgan fingerprint density at radius 1 is 1.24 bits per heavy atom. The number of nitrogens with one attached hydrogen (secondary N) is 1. The van der Waals surface area contributed by atoms with E-state index >= 15 is 0 Å². The van der Waals surface area contributed by atoms with Crippen molar-refractivity contribution in [2.45, 2.75) is 50.7 Å². The Bertz CT molecular complexity index is 268. The molecule has 2 aliphatic heterocycles. The fourth-order valence-electron chi connectivity index (χ4n) is 3.14. The van der Waals surface area contributed by atoms with Gasteiger partial charge in [0.15, 0.2) is 0 Å². The summed E-state index contributed by atoms with van der Waals surface area (Å²) in [5.41, 5.74) is 0. The van der Waals surface area contributed by atoms with Crippen LogP contribution in [0.4, 0.5) is 0 Å². The number of nitrogens with zero attached hydrogens (tertiary/aromatic N) is 2. The van der Waals surface area contributed by atoms with Gasteiger partial charge >= 0.3 is 0 Å². The third-order valence-electron chi connectivity index (χ3n) is 4.21. The van der Waals surface area contributed by atoms with Gasteiger partial charge in [0.05, 0.1) is 6.54 Å². The zero-order valence-corrected chi connectivity index (χ0v) is 11.3. The minimum Gasteiger partial charge on any atom is -0.348 e. The third kappa shape index (κ3) is 2.99. The Morgan fingerprint density at radius 2 is 1.82 bits per heavy atom. The van der Waals surface area contributed by atoms with E-state index in [0.717, 1.165) is 6.54 Å². The Hall–Kier alpha value is -0.610. The molecule has 2 atom stereocenters. The highest BCUT2D eigenvalue weighted by molar-refractivity contribution is 5.77. The van der Waals surface area contributed by atoms with Crippen LogP contribution in [0.25, 0.3) is 0 Å². The second kappa shape index (κ2) is 5.36. The SMILES string of the molecule is CCN(CC(=O)N(C)C)C1CC2CCC(C1)N2. The summed E-state index contributed by atoms with van der Waals surface area (Å²) in [4.78, 5) is 15.9. The highest BCUT2D eigenvalue weighted by Crippen LogP contribution is 2.29. The van der Waals surface area contributed by atoms with Crippen molar-refractivity contribution in [3.63, 3.8) is 0 Å². The number of piperidine rings is 1. The zero-order chi connectivity index (χ0) is 12.4. The summed E-state index contributed by atoms with van der Waals surface area (Å²) in [6.45, 7) is 3.71. The highest BCUT2D eigenvalue weighted by Gasteiger charge is 2.36. The van der Waals surface area contributed by atoms with Gasteiger partial charge in [0, 0.05) is 32.2 Å². The summed E-state index contributed by atoms with van der Waals surface area (Å²) in [6.07, 6.45) is 5.07. The van der Waals surface area contributed by atoms with Gasteiger partial charge in [0.25, 0.3) is 0 Å². The number of rotatable bonds is 4. The molecule has 4 heteroatoms. The molecule has 0 radical (unpaired) electrons. The standard InChI is InChI=1S/C13H25N3O/c1-4-16(9-13(17)15(2)3)12-7-10-5-6-11(8-12)14-10/h10-12,14H,4-9H2,1-3H3. The zero-order valence-electron chi connectivity index (χ0n) is 11.3. The molecule has 0 aliphatic carbocycles. The van der Waals surface area contributed by atoms with E-state index in [1.54, 1.807) is 4.90 Å². The molecular formula is C13H25N3O. The fourth-order valence-corrected chi connectivity index (χ4v) is 3.14. The number of carbonyl (C=O) groups excluding carboxylic acids is 1. The van der Waals surface area contributed by atoms with E-state index in [1.807, 2.05) is 14.1 Å². The third-order valence-corrected chi connectivity index (χ3v) is 4.21. The minimum absolute atomic E-state index is 0.220. The highest BCUT2D eigenvalue weighted by atomic mass is 16.2. The molecule has 2 aliphatic rings. The quantitative estimate of drug-likeness (QED) is 0.783. The fraction of sp³-hybridized carbons (Fsp3) is 0.923. The van der Waals surface area contributed by atoms with Crippen LogP contribution in [0.3, 0.4) is 0 Å². The van der Waals surface area contributed by atoms with Gasteiger partial charge in [-0.2, -0.15) is 0 Å². The molecule has 17 heavy (non-hydrogen) atoms. The molecule has 0 spiro atoms. The molecule has 2 saturated heterocycles. The van der Waals surface area contributed by atoms with Crippen molar-refractivity contribution in [1.29, 1.82) is 0 Å². The predicted molar refractivity (Wildman–Crippen MR) is 68.9 cm³/mol. The number of likely N-dealkylation sites (N-methyl/N-ethyl adjacent to an activating group) is 2. The lowest BCUT2D eigenvalue weighted by atomic mass is 9.98. The Balaban J connectivity index is 1.92. The number of fused-ring (bicyclic) bond motifs is 2. The van der Waals surface area contributed by atoms with Crippen LogP contribution in [-0.4, -0.2) is 61.0 Å². The van der Waals surface area contributed by atoms with Gasteiger partial charge in [0.1, 0.15) is 0 Å². The summed E-state index contributed by atoms with van der Waals surface area (Å²) in [5.74, 6) is 0.220. The van der Waals surface area contributed by atoms with E-state index in [0.29, 0.717) is 24.7 Å². The van der Waals surface area contributed by atoms with Crippen molar-refractivity contribution >= 4 is 5.91 Å². The van der Waals surface area contributed by atoms with Crippen molar-refractivity contribution in [2.75, 3.05) is 27.2 Å². The van der Waals surface area contributed by atoms with Gasteiger partial charge in [-0.05, 0) is 32.2 Å². The summed E-state index contributed by atoms with van der Waals surface area (Å²) in [7, 11) is 3.67. The van der Waals surface area contributed by atoms with Gasteiger partial charge in [0.2, 0.25) is 5.91 Å². The van der Waals surface area contributed by atoms with E-state index in [1.165, 1.54) is 25.7 Å². The molecule has 1 amide bonds. The first-order chi connectivity index (χ1) is 8.10. The van der Waals surface area contributed by atoms with Crippen molar-refractivity contribution < 1.29 is 4.79 Å². The summed E-state index contributed by atoms with van der Waals surface area (Å²) in [6, 6.07) is 1.99. The number of hydrogen-bond donors (Lipinski definition) is 1. The maximum atomic E-state index is 11.8. The number of carbonyl (C=O) groups is 1. The van der Waals surface area contributed by atoms with Crippen molar-refractivity contribution in [2.24, 2.45) is 0 Å². The second-order valence-electron chi connectivity index (χ2n) is 5.61. The van der Waals surface area contributed by atoms with Crippen LogP contribution in [0.2, 0.25) is 0 Å². The van der Waals surface area contributed by atoms with Crippen LogP contribution < -0.4 is 5.32 Å². The summed E-state index contributed by atoms with van der Waals surface area (Å²) in [5, 5.41) is 3.65. The van der Waals surface area contributed by atoms with Crippen molar-refractivity contribution in [3.05, 3.63) is 0 Å². The van der Waals surface area contributed by atoms with E-state index in [4.69, 9.17) is 0 Å². The number of hydrogen-bond acceptors (Lipinski definition) is 3. The van der Waals surface area contributed by atoms with Crippen LogP contribution >= 0.6 is 0 Å². The number of amides is 1. The van der Waals surface area contributed by atoms with E-state index in [2.05, 4.69) is 17.1 Å². The van der Waals surface area contributed by atoms with Crippen LogP contribution in [0.5, 0.6) is 0 Å². The van der Waals surface area contributed by atoms with Crippen molar-refractivity contribution in [3.8, 4) is 0 Å². The first-order valence-electron chi connectivity index (χ1n) is 6.80. The molecular weight excluding hydrogens is 214 g/mol. The molecule has 98 valence electrons. The van der Waals surface area contributed by atoms with Crippen LogP contribution in [0.15, 0.2) is 0 Å². The van der Waals surface area contributed by atoms with Crippen LogP contribution in [0, 0.1) is 0 Å². The first kappa shape index (κ1) is 12.8. The maximum absolute atomic E-state index is 11.8. The van der Waals surface area contributed by atoms with Crippen LogP contribution in [0.1, 0.15) is 32.6 Å². The lowest BCUT2D eigenvalue weighted by Gasteiger charge is -2.37. The average molecular weight is 239 g/mol. The molecule has 0 aromatic heterocycles. The molecule has 1 N–H and O–H groups in total. The molecule has 2 bridgehead atoms. The first-order valence-corrected chi connectivity index (χ1v) is 6.80. The molecule has 0 aromatic rings. The van der Waals surface area contributed by atoms with Crippen molar-refractivity contribution in [1.82, 2.24) is 15.1 Å². The smallest absolute Gasteiger partial charge is 0.236 e. The Labute approximate surface area is 104 Å². The lowest BCUT2D eigenvalue weighted by Crippen LogP contribution is -2.50. The molecule has 0 saturated carbocycles. The molecule has 4 nitrogen and oxygen atoms in total. The molecule has 2 fully saturated rings. The second-order valence-corrected chi connectivity index (χ2v) is 5.61. The monoisotopic (exact) mass is 239 g/mol. The topological polar surface area (TPSA) is 35.6 Å². The van der Waals surface area contributed by atoms with Gasteiger partial charge in [-0.1, -0.05) is 6.92 Å². The largest absolute Gasteiger partial charge is 0.348 e. The molecule has 0 aromatic carbocycles. The van der Waals surface area contributed by atoms with E-state index in [9.17, 15) is 4.79 Å². The van der Waals surface area contributed by atoms with Gasteiger partial charge in [-0.15, -0.1) is 0 Å². The van der Waals surface area contributed by atoms with Gasteiger partial charge in [-0.25, -0.2) is 0 Å². The average Bonchev–Trinajstić information content (AvgIpc) is 2.64. The van der Waals surface area contributed by atoms with Gasteiger partial charge < -0.3 is 10.2 Å².